The maximum Gasteiger partial charge on any atom is 0.286 e. The highest BCUT2D eigenvalue weighted by Gasteiger charge is 2.31. The molecule has 1 N–H and O–H groups in total. The van der Waals surface area contributed by atoms with Crippen LogP contribution in [-0.4, -0.2) is 28.3 Å². The van der Waals surface area contributed by atoms with E-state index in [0.717, 1.165) is 41.2 Å². The van der Waals surface area contributed by atoms with Crippen LogP contribution < -0.4 is 10.1 Å². The number of benzene rings is 1. The number of carbonyl (C=O) groups excluding carboxylic acids is 2. The van der Waals surface area contributed by atoms with Gasteiger partial charge in [-0.3, -0.25) is 14.9 Å². The van der Waals surface area contributed by atoms with Gasteiger partial charge in [0.05, 0.1) is 11.9 Å². The molecule has 108 valence electrons. The lowest BCUT2D eigenvalue weighted by atomic mass is 10.1. The summed E-state index contributed by atoms with van der Waals surface area (Å²) < 4.78 is 5.61. The van der Waals surface area contributed by atoms with Crippen molar-refractivity contribution in [3.8, 4) is 5.75 Å². The van der Waals surface area contributed by atoms with Crippen LogP contribution in [-0.2, 0) is 11.2 Å². The quantitative estimate of drug-likeness (QED) is 0.601. The molecule has 0 aliphatic carbocycles. The summed E-state index contributed by atoms with van der Waals surface area (Å²) in [5.41, 5.74) is 1.03. The van der Waals surface area contributed by atoms with E-state index >= 15 is 0 Å². The van der Waals surface area contributed by atoms with Gasteiger partial charge in [0.15, 0.2) is 0 Å². The predicted molar refractivity (Wildman–Crippen MR) is 83.6 cm³/mol. The maximum absolute atomic E-state index is 11.5. The number of hydrogen-bond donors (Lipinski definition) is 1. The van der Waals surface area contributed by atoms with Gasteiger partial charge in [0.2, 0.25) is 5.91 Å². The fraction of sp³-hybridized carbons (Fsp3) is 0.429. The smallest absolute Gasteiger partial charge is 0.286 e. The van der Waals surface area contributed by atoms with Crippen molar-refractivity contribution in [1.82, 2.24) is 5.32 Å². The third kappa shape index (κ3) is 4.52. The first-order valence-corrected chi connectivity index (χ1v) is 8.48. The van der Waals surface area contributed by atoms with Gasteiger partial charge in [-0.15, -0.1) is 0 Å². The number of alkyl halides is 1. The van der Waals surface area contributed by atoms with Crippen LogP contribution >= 0.6 is 27.7 Å². The van der Waals surface area contributed by atoms with Crippen LogP contribution in [0, 0.1) is 0 Å². The van der Waals surface area contributed by atoms with Crippen LogP contribution in [0.2, 0.25) is 0 Å². The molecule has 0 bridgehead atoms. The molecule has 0 spiro atoms. The molecule has 1 fully saturated rings. The molecule has 2 amide bonds. The summed E-state index contributed by atoms with van der Waals surface area (Å²) >= 11 is 4.44. The van der Waals surface area contributed by atoms with E-state index in [-0.39, 0.29) is 16.4 Å². The molecule has 1 heterocycles. The Balaban J connectivity index is 1.82. The number of nitrogens with one attached hydrogen (secondary N) is 1. The zero-order valence-electron chi connectivity index (χ0n) is 10.9. The van der Waals surface area contributed by atoms with Crippen molar-refractivity contribution in [2.45, 2.75) is 24.5 Å². The van der Waals surface area contributed by atoms with Crippen LogP contribution in [0.1, 0.15) is 18.4 Å². The third-order valence-electron chi connectivity index (χ3n) is 2.91. The first-order valence-electron chi connectivity index (χ1n) is 6.48. The van der Waals surface area contributed by atoms with Crippen LogP contribution in [0.4, 0.5) is 4.79 Å². The van der Waals surface area contributed by atoms with E-state index in [1.165, 1.54) is 0 Å². The summed E-state index contributed by atoms with van der Waals surface area (Å²) in [6.45, 7) is 0.709. The number of carbonyl (C=O) groups is 2. The van der Waals surface area contributed by atoms with Crippen molar-refractivity contribution in [3.05, 3.63) is 29.8 Å². The molecule has 1 unspecified atom stereocenters. The second kappa shape index (κ2) is 7.69. The molecule has 2 rings (SSSR count). The molecule has 1 aromatic rings. The SMILES string of the molecule is O=C1NC(=O)C(Cc2ccc(OCCCCBr)cc2)S1. The minimum atomic E-state index is -0.312. The highest BCUT2D eigenvalue weighted by molar-refractivity contribution is 9.09. The molecule has 0 radical (unpaired) electrons. The summed E-state index contributed by atoms with van der Waals surface area (Å²) in [5, 5.41) is 2.72. The van der Waals surface area contributed by atoms with E-state index < -0.39 is 0 Å². The molecule has 4 nitrogen and oxygen atoms in total. The van der Waals surface area contributed by atoms with Crippen LogP contribution in [0.15, 0.2) is 24.3 Å². The van der Waals surface area contributed by atoms with Crippen molar-refractivity contribution in [1.29, 1.82) is 0 Å². The number of hydrogen-bond acceptors (Lipinski definition) is 4. The Kier molecular flexibility index (Phi) is 5.91. The topological polar surface area (TPSA) is 55.4 Å². The molecule has 1 aliphatic heterocycles. The van der Waals surface area contributed by atoms with Gasteiger partial charge in [-0.2, -0.15) is 0 Å². The van der Waals surface area contributed by atoms with Gasteiger partial charge < -0.3 is 4.74 Å². The van der Waals surface area contributed by atoms with Crippen molar-refractivity contribution >= 4 is 38.8 Å². The number of imide groups is 1. The largest absolute Gasteiger partial charge is 0.494 e. The Morgan fingerprint density at radius 1 is 1.20 bits per heavy atom. The average molecular weight is 358 g/mol. The van der Waals surface area contributed by atoms with Gasteiger partial charge in [0.1, 0.15) is 5.75 Å². The van der Waals surface area contributed by atoms with Gasteiger partial charge in [-0.1, -0.05) is 39.8 Å². The Morgan fingerprint density at radius 3 is 2.55 bits per heavy atom. The molecular formula is C14H16BrNO3S. The Morgan fingerprint density at radius 2 is 1.95 bits per heavy atom. The van der Waals surface area contributed by atoms with E-state index in [9.17, 15) is 9.59 Å². The van der Waals surface area contributed by atoms with Crippen molar-refractivity contribution in [3.63, 3.8) is 0 Å². The molecule has 6 heteroatoms. The van der Waals surface area contributed by atoms with Crippen molar-refractivity contribution < 1.29 is 14.3 Å². The summed E-state index contributed by atoms with van der Waals surface area (Å²) in [4.78, 5) is 22.6. The van der Waals surface area contributed by atoms with Crippen LogP contribution in [0.5, 0.6) is 5.75 Å². The fourth-order valence-electron chi connectivity index (χ4n) is 1.85. The van der Waals surface area contributed by atoms with Gasteiger partial charge in [0.25, 0.3) is 5.24 Å². The lowest BCUT2D eigenvalue weighted by Gasteiger charge is -2.08. The van der Waals surface area contributed by atoms with Crippen LogP contribution in [0.3, 0.4) is 0 Å². The van der Waals surface area contributed by atoms with Gasteiger partial charge >= 0.3 is 0 Å². The van der Waals surface area contributed by atoms with Gasteiger partial charge in [-0.25, -0.2) is 0 Å². The number of thioether (sulfide) groups is 1. The Bertz CT molecular complexity index is 478. The summed E-state index contributed by atoms with van der Waals surface area (Å²) in [7, 11) is 0. The summed E-state index contributed by atoms with van der Waals surface area (Å²) in [6.07, 6.45) is 2.68. The molecule has 0 aromatic heterocycles. The summed E-state index contributed by atoms with van der Waals surface area (Å²) in [5.74, 6) is 0.637. The Hall–Kier alpha value is -1.01. The number of halogens is 1. The predicted octanol–water partition coefficient (Wildman–Crippen LogP) is 3.13. The third-order valence-corrected chi connectivity index (χ3v) is 4.45. The van der Waals surface area contributed by atoms with E-state index in [4.69, 9.17) is 4.74 Å². The maximum atomic E-state index is 11.5. The highest BCUT2D eigenvalue weighted by atomic mass is 79.9. The molecule has 1 atom stereocenters. The lowest BCUT2D eigenvalue weighted by molar-refractivity contribution is -0.118. The second-order valence-electron chi connectivity index (χ2n) is 4.48. The molecular weight excluding hydrogens is 342 g/mol. The molecule has 1 saturated heterocycles. The highest BCUT2D eigenvalue weighted by Crippen LogP contribution is 2.23. The first-order chi connectivity index (χ1) is 9.69. The van der Waals surface area contributed by atoms with Crippen molar-refractivity contribution in [2.75, 3.05) is 11.9 Å². The van der Waals surface area contributed by atoms with Gasteiger partial charge in [0, 0.05) is 5.33 Å². The monoisotopic (exact) mass is 357 g/mol. The molecule has 1 aromatic carbocycles. The minimum Gasteiger partial charge on any atom is -0.494 e. The Labute approximate surface area is 130 Å². The first kappa shape index (κ1) is 15.4. The molecule has 20 heavy (non-hydrogen) atoms. The minimum absolute atomic E-state index is 0.199. The van der Waals surface area contributed by atoms with E-state index in [1.54, 1.807) is 0 Å². The van der Waals surface area contributed by atoms with E-state index in [2.05, 4.69) is 21.2 Å². The second-order valence-corrected chi connectivity index (χ2v) is 6.44. The van der Waals surface area contributed by atoms with E-state index in [0.29, 0.717) is 13.0 Å². The van der Waals surface area contributed by atoms with E-state index in [1.807, 2.05) is 24.3 Å². The molecule has 0 saturated carbocycles. The summed E-state index contributed by atoms with van der Waals surface area (Å²) in [6, 6.07) is 7.69. The molecule has 1 aliphatic rings. The normalized spacial score (nSPS) is 18.1. The lowest BCUT2D eigenvalue weighted by Crippen LogP contribution is -2.25. The van der Waals surface area contributed by atoms with Crippen molar-refractivity contribution in [2.24, 2.45) is 0 Å². The standard InChI is InChI=1S/C14H16BrNO3S/c15-7-1-2-8-19-11-5-3-10(4-6-11)9-12-13(17)16-14(18)20-12/h3-6,12H,1-2,7-9H2,(H,16,17,18). The zero-order chi connectivity index (χ0) is 14.4. The zero-order valence-corrected chi connectivity index (χ0v) is 13.3. The number of amides is 2. The fourth-order valence-corrected chi connectivity index (χ4v) is 3.11. The number of rotatable bonds is 7. The van der Waals surface area contributed by atoms with Gasteiger partial charge in [-0.05, 0) is 37.0 Å². The number of ether oxygens (including phenoxy) is 1. The van der Waals surface area contributed by atoms with Crippen LogP contribution in [0.25, 0.3) is 0 Å². The average Bonchev–Trinajstić information content (AvgIpc) is 2.75. The number of unbranched alkanes of at least 4 members (excludes halogenated alkanes) is 1.